The maximum atomic E-state index is 2.87. The summed E-state index contributed by atoms with van der Waals surface area (Å²) < 4.78 is 0. The van der Waals surface area contributed by atoms with Gasteiger partial charge < -0.3 is 0 Å². The molecule has 0 heterocycles. The standard InChI is InChI=1S/C10H24P2/c1-3-9(7-11)5-6-10(4-2)8-12/h9-10H,3-8,11-12H2,1-2H3. The fraction of sp³-hybridized carbons (Fsp3) is 1.00. The van der Waals surface area contributed by atoms with Gasteiger partial charge in [0.2, 0.25) is 0 Å². The summed E-state index contributed by atoms with van der Waals surface area (Å²) >= 11 is 0. The molecule has 0 radical (unpaired) electrons. The second kappa shape index (κ2) is 8.46. The van der Waals surface area contributed by atoms with Crippen LogP contribution in [0.3, 0.4) is 0 Å². The molecule has 74 valence electrons. The van der Waals surface area contributed by atoms with Gasteiger partial charge in [0.05, 0.1) is 0 Å². The smallest absolute Gasteiger partial charge is 0.0353 e. The van der Waals surface area contributed by atoms with E-state index in [0.717, 1.165) is 11.8 Å². The summed E-state index contributed by atoms with van der Waals surface area (Å²) in [5, 5.41) is 0. The van der Waals surface area contributed by atoms with Crippen molar-refractivity contribution in [3.8, 4) is 0 Å². The van der Waals surface area contributed by atoms with E-state index in [1.54, 1.807) is 0 Å². The molecule has 0 rings (SSSR count). The Balaban J connectivity index is 3.49. The molecule has 0 fully saturated rings. The van der Waals surface area contributed by atoms with E-state index >= 15 is 0 Å². The summed E-state index contributed by atoms with van der Waals surface area (Å²) in [5.74, 6) is 1.89. The second-order valence-electron chi connectivity index (χ2n) is 3.60. The van der Waals surface area contributed by atoms with Gasteiger partial charge in [0, 0.05) is 0 Å². The largest absolute Gasteiger partial charge is 0.137 e. The summed E-state index contributed by atoms with van der Waals surface area (Å²) in [6.07, 6.45) is 8.10. The summed E-state index contributed by atoms with van der Waals surface area (Å²) in [5.41, 5.74) is 0. The fourth-order valence-corrected chi connectivity index (χ4v) is 2.59. The van der Waals surface area contributed by atoms with Crippen LogP contribution in [0.25, 0.3) is 0 Å². The molecule has 0 spiro atoms. The van der Waals surface area contributed by atoms with Gasteiger partial charge in [-0.25, -0.2) is 0 Å². The van der Waals surface area contributed by atoms with Gasteiger partial charge in [-0.15, -0.1) is 18.5 Å². The quantitative estimate of drug-likeness (QED) is 0.558. The van der Waals surface area contributed by atoms with Crippen LogP contribution in [0, 0.1) is 11.8 Å². The summed E-state index contributed by atoms with van der Waals surface area (Å²) in [4.78, 5) is 0. The Kier molecular flexibility index (Phi) is 9.06. The first-order valence-corrected chi connectivity index (χ1v) is 6.81. The molecular weight excluding hydrogens is 182 g/mol. The Morgan fingerprint density at radius 3 is 1.33 bits per heavy atom. The minimum atomic E-state index is 0.945. The molecule has 0 aromatic carbocycles. The monoisotopic (exact) mass is 206 g/mol. The fourth-order valence-electron chi connectivity index (χ4n) is 1.45. The lowest BCUT2D eigenvalue weighted by molar-refractivity contribution is 0.424. The molecule has 0 saturated heterocycles. The average Bonchev–Trinajstić information content (AvgIpc) is 2.13. The van der Waals surface area contributed by atoms with E-state index in [2.05, 4.69) is 32.3 Å². The van der Waals surface area contributed by atoms with Crippen LogP contribution >= 0.6 is 18.5 Å². The minimum absolute atomic E-state index is 0.945. The molecule has 0 aliphatic rings. The topological polar surface area (TPSA) is 0 Å². The van der Waals surface area contributed by atoms with Gasteiger partial charge in [-0.1, -0.05) is 26.7 Å². The van der Waals surface area contributed by atoms with E-state index < -0.39 is 0 Å². The highest BCUT2D eigenvalue weighted by atomic mass is 31.0. The van der Waals surface area contributed by atoms with Gasteiger partial charge in [0.1, 0.15) is 0 Å². The Hall–Kier alpha value is 0.860. The van der Waals surface area contributed by atoms with Gasteiger partial charge in [0.25, 0.3) is 0 Å². The van der Waals surface area contributed by atoms with E-state index in [-0.39, 0.29) is 0 Å². The molecule has 0 aliphatic heterocycles. The zero-order valence-corrected chi connectivity index (χ0v) is 10.9. The third-order valence-corrected chi connectivity index (χ3v) is 4.14. The molecule has 0 N–H and O–H groups in total. The van der Waals surface area contributed by atoms with Gasteiger partial charge in [-0.05, 0) is 37.0 Å². The van der Waals surface area contributed by atoms with Crippen LogP contribution in [0.15, 0.2) is 0 Å². The molecule has 0 aliphatic carbocycles. The van der Waals surface area contributed by atoms with Crippen molar-refractivity contribution in [2.75, 3.05) is 12.3 Å². The van der Waals surface area contributed by atoms with Crippen LogP contribution in [-0.4, -0.2) is 12.3 Å². The molecular formula is C10H24P2. The lowest BCUT2D eigenvalue weighted by Gasteiger charge is -2.16. The van der Waals surface area contributed by atoms with Crippen LogP contribution in [0.4, 0.5) is 0 Å². The second-order valence-corrected chi connectivity index (χ2v) is 4.54. The summed E-state index contributed by atoms with van der Waals surface area (Å²) in [6.45, 7) is 4.60. The Bertz CT molecular complexity index is 73.8. The van der Waals surface area contributed by atoms with Crippen molar-refractivity contribution in [2.45, 2.75) is 39.5 Å². The van der Waals surface area contributed by atoms with E-state index in [9.17, 15) is 0 Å². The zero-order chi connectivity index (χ0) is 9.40. The lowest BCUT2D eigenvalue weighted by Crippen LogP contribution is -2.06. The van der Waals surface area contributed by atoms with E-state index in [4.69, 9.17) is 0 Å². The molecule has 0 aromatic heterocycles. The molecule has 4 atom stereocenters. The van der Waals surface area contributed by atoms with Crippen LogP contribution in [0.1, 0.15) is 39.5 Å². The Labute approximate surface area is 82.7 Å². The number of rotatable bonds is 7. The van der Waals surface area contributed by atoms with Crippen LogP contribution in [-0.2, 0) is 0 Å². The SMILES string of the molecule is CCC(CP)CCC(CC)CP. The number of hydrogen-bond acceptors (Lipinski definition) is 0. The summed E-state index contributed by atoms with van der Waals surface area (Å²) in [7, 11) is 5.74. The first kappa shape index (κ1) is 12.9. The highest BCUT2D eigenvalue weighted by Gasteiger charge is 2.07. The predicted octanol–water partition coefficient (Wildman–Crippen LogP) is 3.57. The van der Waals surface area contributed by atoms with Gasteiger partial charge in [-0.3, -0.25) is 0 Å². The third kappa shape index (κ3) is 5.50. The maximum Gasteiger partial charge on any atom is -0.0353 e. The first-order chi connectivity index (χ1) is 5.78. The van der Waals surface area contributed by atoms with Crippen LogP contribution < -0.4 is 0 Å². The molecule has 0 bridgehead atoms. The normalized spacial score (nSPS) is 16.0. The third-order valence-electron chi connectivity index (χ3n) is 2.80. The predicted molar refractivity (Wildman–Crippen MR) is 66.0 cm³/mol. The lowest BCUT2D eigenvalue weighted by atomic mass is 9.95. The van der Waals surface area contributed by atoms with Gasteiger partial charge in [-0.2, -0.15) is 0 Å². The number of hydrogen-bond donors (Lipinski definition) is 0. The Morgan fingerprint density at radius 1 is 0.833 bits per heavy atom. The molecule has 4 unspecified atom stereocenters. The highest BCUT2D eigenvalue weighted by Crippen LogP contribution is 2.20. The molecule has 12 heavy (non-hydrogen) atoms. The first-order valence-electron chi connectivity index (χ1n) is 5.18. The van der Waals surface area contributed by atoms with Crippen molar-refractivity contribution in [3.05, 3.63) is 0 Å². The minimum Gasteiger partial charge on any atom is -0.137 e. The van der Waals surface area contributed by atoms with Gasteiger partial charge in [0.15, 0.2) is 0 Å². The average molecular weight is 206 g/mol. The highest BCUT2D eigenvalue weighted by molar-refractivity contribution is 7.16. The van der Waals surface area contributed by atoms with Crippen LogP contribution in [0.5, 0.6) is 0 Å². The van der Waals surface area contributed by atoms with Crippen molar-refractivity contribution < 1.29 is 0 Å². The Morgan fingerprint density at radius 2 is 1.17 bits per heavy atom. The van der Waals surface area contributed by atoms with E-state index in [0.29, 0.717) is 0 Å². The maximum absolute atomic E-state index is 2.87. The van der Waals surface area contributed by atoms with Crippen LogP contribution in [0.2, 0.25) is 0 Å². The van der Waals surface area contributed by atoms with E-state index in [1.165, 1.54) is 38.0 Å². The zero-order valence-electron chi connectivity index (χ0n) is 8.55. The van der Waals surface area contributed by atoms with Crippen molar-refractivity contribution in [2.24, 2.45) is 11.8 Å². The van der Waals surface area contributed by atoms with Crippen molar-refractivity contribution >= 4 is 18.5 Å². The summed E-state index contributed by atoms with van der Waals surface area (Å²) in [6, 6.07) is 0. The van der Waals surface area contributed by atoms with E-state index in [1.807, 2.05) is 0 Å². The molecule has 2 heteroatoms. The molecule has 0 amide bonds. The van der Waals surface area contributed by atoms with Crippen molar-refractivity contribution in [1.82, 2.24) is 0 Å². The molecule has 0 aromatic rings. The van der Waals surface area contributed by atoms with Gasteiger partial charge >= 0.3 is 0 Å². The molecule has 0 saturated carbocycles. The van der Waals surface area contributed by atoms with Crippen molar-refractivity contribution in [3.63, 3.8) is 0 Å². The molecule has 0 nitrogen and oxygen atoms in total. The van der Waals surface area contributed by atoms with Crippen molar-refractivity contribution in [1.29, 1.82) is 0 Å².